The molecule has 2 rings (SSSR count). The monoisotopic (exact) mass is 408 g/mol. The highest BCUT2D eigenvalue weighted by molar-refractivity contribution is 6.31. The molecule has 0 aliphatic carbocycles. The molecule has 148 valence electrons. The van der Waals surface area contributed by atoms with Gasteiger partial charge in [0.25, 0.3) is 0 Å². The van der Waals surface area contributed by atoms with E-state index in [0.29, 0.717) is 5.95 Å². The highest BCUT2D eigenvalue weighted by atomic mass is 35.5. The molecule has 2 aromatic rings. The summed E-state index contributed by atoms with van der Waals surface area (Å²) in [5.41, 5.74) is 2.26. The van der Waals surface area contributed by atoms with Crippen LogP contribution in [0, 0.1) is 0 Å². The average Bonchev–Trinajstić information content (AvgIpc) is 2.64. The maximum Gasteiger partial charge on any atom is 0.232 e. The molecule has 0 aliphatic heterocycles. The minimum atomic E-state index is 0.0788. The number of rotatable bonds is 13. The van der Waals surface area contributed by atoms with E-state index in [0.717, 1.165) is 12.1 Å². The number of hydrogen-bond acceptors (Lipinski definition) is 4. The Morgan fingerprint density at radius 2 is 1.22 bits per heavy atom. The van der Waals surface area contributed by atoms with E-state index < -0.39 is 0 Å². The van der Waals surface area contributed by atoms with Gasteiger partial charge in [0.15, 0.2) is 0 Å². The molecule has 0 radical (unpaired) electrons. The van der Waals surface area contributed by atoms with Crippen molar-refractivity contribution in [3.63, 3.8) is 0 Å². The van der Waals surface area contributed by atoms with E-state index in [1.165, 1.54) is 69.8 Å². The summed E-state index contributed by atoms with van der Waals surface area (Å²) >= 11 is 11.6. The lowest BCUT2D eigenvalue weighted by molar-refractivity contribution is 0.556. The van der Waals surface area contributed by atoms with Crippen LogP contribution in [0.3, 0.4) is 0 Å². The van der Waals surface area contributed by atoms with Gasteiger partial charge < -0.3 is 5.32 Å². The molecule has 0 bridgehead atoms. The van der Waals surface area contributed by atoms with E-state index in [2.05, 4.69) is 39.3 Å². The molecule has 0 saturated heterocycles. The molecule has 4 nitrogen and oxygen atoms in total. The van der Waals surface area contributed by atoms with Crippen molar-refractivity contribution in [2.45, 2.75) is 77.6 Å². The zero-order valence-electron chi connectivity index (χ0n) is 16.2. The van der Waals surface area contributed by atoms with Crippen molar-refractivity contribution < 1.29 is 0 Å². The van der Waals surface area contributed by atoms with Gasteiger partial charge in [-0.3, -0.25) is 0 Å². The molecule has 1 aromatic heterocycles. The standard InChI is InChI=1S/C21H30Cl2N4/c1-2-3-4-5-6-7-8-9-10-11-12-17-13-15-18(16-14-17)24-21-26-19(22)25-20(23)27-21/h13-16H,2-12H2,1H3,(H,24,25,26,27). The Kier molecular flexibility index (Phi) is 10.5. The number of aryl methyl sites for hydroxylation is 1. The van der Waals surface area contributed by atoms with Gasteiger partial charge in [0.2, 0.25) is 16.5 Å². The lowest BCUT2D eigenvalue weighted by atomic mass is 10.0. The van der Waals surface area contributed by atoms with Crippen molar-refractivity contribution in [3.8, 4) is 0 Å². The Balaban J connectivity index is 1.60. The highest BCUT2D eigenvalue weighted by Crippen LogP contribution is 2.18. The second kappa shape index (κ2) is 12.9. The van der Waals surface area contributed by atoms with Gasteiger partial charge in [-0.05, 0) is 53.7 Å². The molecule has 0 unspecified atom stereocenters. The molecule has 0 atom stereocenters. The number of hydrogen-bond donors (Lipinski definition) is 1. The van der Waals surface area contributed by atoms with Crippen LogP contribution in [0.4, 0.5) is 11.6 Å². The van der Waals surface area contributed by atoms with Gasteiger partial charge in [-0.15, -0.1) is 0 Å². The lowest BCUT2D eigenvalue weighted by Gasteiger charge is -2.07. The van der Waals surface area contributed by atoms with Gasteiger partial charge in [-0.2, -0.15) is 15.0 Å². The Morgan fingerprint density at radius 1 is 0.704 bits per heavy atom. The zero-order valence-corrected chi connectivity index (χ0v) is 17.7. The number of aromatic nitrogens is 3. The van der Waals surface area contributed by atoms with Crippen molar-refractivity contribution in [2.75, 3.05) is 5.32 Å². The molecule has 0 amide bonds. The largest absolute Gasteiger partial charge is 0.324 e. The van der Waals surface area contributed by atoms with E-state index in [4.69, 9.17) is 23.2 Å². The van der Waals surface area contributed by atoms with Crippen LogP contribution in [0.25, 0.3) is 0 Å². The topological polar surface area (TPSA) is 50.7 Å². The number of unbranched alkanes of at least 4 members (excludes halogenated alkanes) is 9. The number of benzene rings is 1. The van der Waals surface area contributed by atoms with Crippen LogP contribution in [0.5, 0.6) is 0 Å². The van der Waals surface area contributed by atoms with Gasteiger partial charge in [0.05, 0.1) is 0 Å². The van der Waals surface area contributed by atoms with E-state index in [9.17, 15) is 0 Å². The number of nitrogens with one attached hydrogen (secondary N) is 1. The molecule has 0 aliphatic rings. The molecule has 1 aromatic carbocycles. The van der Waals surface area contributed by atoms with Crippen LogP contribution >= 0.6 is 23.2 Å². The van der Waals surface area contributed by atoms with Crippen LogP contribution < -0.4 is 5.32 Å². The summed E-state index contributed by atoms with van der Waals surface area (Å²) in [5.74, 6) is 0.349. The minimum absolute atomic E-state index is 0.0788. The molecular formula is C21H30Cl2N4. The van der Waals surface area contributed by atoms with Gasteiger partial charge in [-0.25, -0.2) is 0 Å². The zero-order chi connectivity index (χ0) is 19.3. The van der Waals surface area contributed by atoms with E-state index in [1.807, 2.05) is 12.1 Å². The first-order valence-corrected chi connectivity index (χ1v) is 10.9. The number of nitrogens with zero attached hydrogens (tertiary/aromatic N) is 3. The van der Waals surface area contributed by atoms with Gasteiger partial charge in [-0.1, -0.05) is 76.8 Å². The van der Waals surface area contributed by atoms with Gasteiger partial charge in [0, 0.05) is 5.69 Å². The molecule has 1 N–H and O–H groups in total. The maximum atomic E-state index is 5.79. The molecule has 0 fully saturated rings. The van der Waals surface area contributed by atoms with Gasteiger partial charge in [0.1, 0.15) is 0 Å². The van der Waals surface area contributed by atoms with E-state index in [1.54, 1.807) is 0 Å². The fourth-order valence-corrected chi connectivity index (χ4v) is 3.45. The predicted octanol–water partition coefficient (Wildman–Crippen LogP) is 7.39. The molecular weight excluding hydrogens is 379 g/mol. The molecule has 1 heterocycles. The maximum absolute atomic E-state index is 5.79. The fraction of sp³-hybridized carbons (Fsp3) is 0.571. The second-order valence-corrected chi connectivity index (χ2v) is 7.63. The third kappa shape index (κ3) is 9.39. The summed E-state index contributed by atoms with van der Waals surface area (Å²) in [6, 6.07) is 8.33. The highest BCUT2D eigenvalue weighted by Gasteiger charge is 2.03. The van der Waals surface area contributed by atoms with E-state index >= 15 is 0 Å². The first-order chi connectivity index (χ1) is 13.2. The Bertz CT molecular complexity index is 641. The first-order valence-electron chi connectivity index (χ1n) is 10.1. The summed E-state index contributed by atoms with van der Waals surface area (Å²) in [4.78, 5) is 11.7. The van der Waals surface area contributed by atoms with E-state index in [-0.39, 0.29) is 10.6 Å². The van der Waals surface area contributed by atoms with Crippen molar-refractivity contribution >= 4 is 34.8 Å². The summed E-state index contributed by atoms with van der Waals surface area (Å²) < 4.78 is 0. The summed E-state index contributed by atoms with van der Waals surface area (Å²) in [5, 5.41) is 3.25. The van der Waals surface area contributed by atoms with Crippen LogP contribution in [0.2, 0.25) is 10.6 Å². The Hall–Kier alpha value is -1.39. The quantitative estimate of drug-likeness (QED) is 0.351. The average molecular weight is 409 g/mol. The summed E-state index contributed by atoms with van der Waals surface area (Å²) in [7, 11) is 0. The normalized spacial score (nSPS) is 10.9. The molecule has 27 heavy (non-hydrogen) atoms. The van der Waals surface area contributed by atoms with Crippen molar-refractivity contribution in [2.24, 2.45) is 0 Å². The number of halogens is 2. The third-order valence-corrected chi connectivity index (χ3v) is 4.95. The van der Waals surface area contributed by atoms with Crippen LogP contribution in [0.1, 0.15) is 76.7 Å². The first kappa shape index (κ1) is 21.9. The summed E-state index contributed by atoms with van der Waals surface area (Å²) in [6.07, 6.45) is 14.8. The fourth-order valence-electron chi connectivity index (χ4n) is 3.08. The van der Waals surface area contributed by atoms with Crippen molar-refractivity contribution in [3.05, 3.63) is 40.4 Å². The summed E-state index contributed by atoms with van der Waals surface area (Å²) in [6.45, 7) is 2.27. The minimum Gasteiger partial charge on any atom is -0.324 e. The Labute approximate surface area is 173 Å². The van der Waals surface area contributed by atoms with Gasteiger partial charge >= 0.3 is 0 Å². The van der Waals surface area contributed by atoms with Crippen LogP contribution in [-0.2, 0) is 6.42 Å². The lowest BCUT2D eigenvalue weighted by Crippen LogP contribution is -1.99. The second-order valence-electron chi connectivity index (χ2n) is 6.95. The van der Waals surface area contributed by atoms with Crippen LogP contribution in [0.15, 0.2) is 24.3 Å². The molecule has 0 saturated carbocycles. The molecule has 6 heteroatoms. The van der Waals surface area contributed by atoms with Crippen molar-refractivity contribution in [1.82, 2.24) is 15.0 Å². The molecule has 0 spiro atoms. The Morgan fingerprint density at radius 3 is 1.78 bits per heavy atom. The van der Waals surface area contributed by atoms with Crippen molar-refractivity contribution in [1.29, 1.82) is 0 Å². The smallest absolute Gasteiger partial charge is 0.232 e. The third-order valence-electron chi connectivity index (χ3n) is 4.61. The van der Waals surface area contributed by atoms with Crippen LogP contribution in [-0.4, -0.2) is 15.0 Å². The SMILES string of the molecule is CCCCCCCCCCCCc1ccc(Nc2nc(Cl)nc(Cl)n2)cc1. The number of anilines is 2. The predicted molar refractivity (Wildman–Crippen MR) is 115 cm³/mol.